The van der Waals surface area contributed by atoms with Crippen LogP contribution in [0.15, 0.2) is 47.2 Å². The highest BCUT2D eigenvalue weighted by Crippen LogP contribution is 2.26. The second-order valence-electron chi connectivity index (χ2n) is 6.69. The summed E-state index contributed by atoms with van der Waals surface area (Å²) in [7, 11) is 0. The van der Waals surface area contributed by atoms with E-state index in [4.69, 9.17) is 0 Å². The monoisotopic (exact) mass is 372 g/mol. The molecule has 0 radical (unpaired) electrons. The zero-order chi connectivity index (χ0) is 16.1. The van der Waals surface area contributed by atoms with E-state index in [1.807, 2.05) is 12.4 Å². The van der Waals surface area contributed by atoms with Crippen molar-refractivity contribution in [1.82, 2.24) is 9.88 Å². The van der Waals surface area contributed by atoms with Crippen LogP contribution >= 0.6 is 15.9 Å². The zero-order valence-corrected chi connectivity index (χ0v) is 15.4. The topological polar surface area (TPSA) is 16.1 Å². The Bertz CT molecular complexity index is 619. The Balaban J connectivity index is 1.46. The molecule has 1 aromatic carbocycles. The highest BCUT2D eigenvalue weighted by atomic mass is 79.9. The van der Waals surface area contributed by atoms with Gasteiger partial charge in [-0.25, -0.2) is 0 Å². The first-order valence-corrected chi connectivity index (χ1v) is 9.36. The van der Waals surface area contributed by atoms with Gasteiger partial charge in [-0.15, -0.1) is 0 Å². The van der Waals surface area contributed by atoms with Crippen LogP contribution in [0, 0.1) is 12.8 Å². The molecule has 2 heterocycles. The van der Waals surface area contributed by atoms with Crippen LogP contribution < -0.4 is 0 Å². The van der Waals surface area contributed by atoms with Gasteiger partial charge in [-0.1, -0.05) is 33.6 Å². The average Bonchev–Trinajstić information content (AvgIpc) is 2.58. The van der Waals surface area contributed by atoms with Crippen molar-refractivity contribution < 1.29 is 0 Å². The van der Waals surface area contributed by atoms with Crippen molar-refractivity contribution in [3.8, 4) is 0 Å². The number of likely N-dealkylation sites (tertiary alicyclic amines) is 1. The van der Waals surface area contributed by atoms with Crippen LogP contribution in [0.5, 0.6) is 0 Å². The molecule has 3 rings (SSSR count). The van der Waals surface area contributed by atoms with E-state index >= 15 is 0 Å². The third-order valence-electron chi connectivity index (χ3n) is 4.88. The number of aryl methyl sites for hydroxylation is 1. The van der Waals surface area contributed by atoms with Crippen LogP contribution in [0.1, 0.15) is 29.5 Å². The molecule has 0 unspecified atom stereocenters. The minimum atomic E-state index is 0.824. The standard InChI is InChI=1S/C20H25BrN2/c1-16-2-3-20(21)19(14-16)15-18-7-12-23(13-8-18)11-6-17-4-9-22-10-5-17/h2-5,9-10,14,18H,6-8,11-13,15H2,1H3. The van der Waals surface area contributed by atoms with E-state index in [2.05, 4.69) is 63.1 Å². The maximum absolute atomic E-state index is 4.09. The first kappa shape index (κ1) is 16.7. The van der Waals surface area contributed by atoms with Crippen molar-refractivity contribution >= 4 is 15.9 Å². The molecule has 3 heteroatoms. The maximum Gasteiger partial charge on any atom is 0.0270 e. The fourth-order valence-electron chi connectivity index (χ4n) is 3.42. The van der Waals surface area contributed by atoms with Gasteiger partial charge in [0.1, 0.15) is 0 Å². The minimum Gasteiger partial charge on any atom is -0.303 e. The van der Waals surface area contributed by atoms with Crippen molar-refractivity contribution in [3.63, 3.8) is 0 Å². The number of hydrogen-bond donors (Lipinski definition) is 0. The lowest BCUT2D eigenvalue weighted by Gasteiger charge is -2.32. The Labute approximate surface area is 148 Å². The minimum absolute atomic E-state index is 0.824. The lowest BCUT2D eigenvalue weighted by molar-refractivity contribution is 0.186. The molecule has 0 N–H and O–H groups in total. The largest absolute Gasteiger partial charge is 0.303 e. The van der Waals surface area contributed by atoms with Crippen molar-refractivity contribution in [3.05, 3.63) is 63.9 Å². The highest BCUT2D eigenvalue weighted by Gasteiger charge is 2.20. The SMILES string of the molecule is Cc1ccc(Br)c(CC2CCN(CCc3ccncc3)CC2)c1. The summed E-state index contributed by atoms with van der Waals surface area (Å²) in [4.78, 5) is 6.70. The molecule has 0 aliphatic carbocycles. The van der Waals surface area contributed by atoms with Crippen LogP contribution in [0.25, 0.3) is 0 Å². The predicted octanol–water partition coefficient (Wildman–Crippen LogP) is 4.65. The fourth-order valence-corrected chi connectivity index (χ4v) is 3.83. The summed E-state index contributed by atoms with van der Waals surface area (Å²) in [6.45, 7) is 5.82. The number of benzene rings is 1. The van der Waals surface area contributed by atoms with Gasteiger partial charge < -0.3 is 4.90 Å². The number of hydrogen-bond acceptors (Lipinski definition) is 2. The van der Waals surface area contributed by atoms with Crippen LogP contribution in [0.3, 0.4) is 0 Å². The van der Waals surface area contributed by atoms with Gasteiger partial charge in [-0.3, -0.25) is 4.98 Å². The van der Waals surface area contributed by atoms with Gasteiger partial charge in [0, 0.05) is 23.4 Å². The Morgan fingerprint density at radius 2 is 1.87 bits per heavy atom. The lowest BCUT2D eigenvalue weighted by Crippen LogP contribution is -2.35. The van der Waals surface area contributed by atoms with Gasteiger partial charge in [0.25, 0.3) is 0 Å². The second-order valence-corrected chi connectivity index (χ2v) is 7.54. The van der Waals surface area contributed by atoms with Gasteiger partial charge in [0.05, 0.1) is 0 Å². The maximum atomic E-state index is 4.09. The van der Waals surface area contributed by atoms with Crippen LogP contribution in [0.2, 0.25) is 0 Å². The molecule has 0 bridgehead atoms. The first-order valence-electron chi connectivity index (χ1n) is 8.57. The lowest BCUT2D eigenvalue weighted by atomic mass is 9.89. The summed E-state index contributed by atoms with van der Waals surface area (Å²) in [5, 5.41) is 0. The summed E-state index contributed by atoms with van der Waals surface area (Å²) in [5.41, 5.74) is 4.23. The molecule has 1 aromatic heterocycles. The number of rotatable bonds is 5. The van der Waals surface area contributed by atoms with E-state index in [0.717, 1.165) is 12.3 Å². The summed E-state index contributed by atoms with van der Waals surface area (Å²) >= 11 is 3.70. The second kappa shape index (κ2) is 8.07. The Hall–Kier alpha value is -1.19. The molecule has 0 atom stereocenters. The molecule has 1 aliphatic heterocycles. The predicted molar refractivity (Wildman–Crippen MR) is 99.7 cm³/mol. The molecule has 0 amide bonds. The zero-order valence-electron chi connectivity index (χ0n) is 13.8. The molecular formula is C20H25BrN2. The summed E-state index contributed by atoms with van der Waals surface area (Å²) in [6.07, 6.45) is 8.76. The van der Waals surface area contributed by atoms with Gasteiger partial charge in [0.15, 0.2) is 0 Å². The number of nitrogens with zero attached hydrogens (tertiary/aromatic N) is 2. The van der Waals surface area contributed by atoms with E-state index in [-0.39, 0.29) is 0 Å². The normalized spacial score (nSPS) is 16.6. The molecule has 0 saturated carbocycles. The quantitative estimate of drug-likeness (QED) is 0.759. The number of aromatic nitrogens is 1. The summed E-state index contributed by atoms with van der Waals surface area (Å²) in [5.74, 6) is 0.824. The van der Waals surface area contributed by atoms with Crippen molar-refractivity contribution in [2.75, 3.05) is 19.6 Å². The molecular weight excluding hydrogens is 348 g/mol. The highest BCUT2D eigenvalue weighted by molar-refractivity contribution is 9.10. The van der Waals surface area contributed by atoms with Gasteiger partial charge in [-0.05, 0) is 80.9 Å². The summed E-state index contributed by atoms with van der Waals surface area (Å²) in [6, 6.07) is 11.0. The fraction of sp³-hybridized carbons (Fsp3) is 0.450. The third-order valence-corrected chi connectivity index (χ3v) is 5.66. The van der Waals surface area contributed by atoms with Crippen LogP contribution in [-0.2, 0) is 12.8 Å². The number of halogens is 1. The van der Waals surface area contributed by atoms with Crippen LogP contribution in [0.4, 0.5) is 0 Å². The molecule has 122 valence electrons. The van der Waals surface area contributed by atoms with Crippen LogP contribution in [-0.4, -0.2) is 29.5 Å². The molecule has 23 heavy (non-hydrogen) atoms. The average molecular weight is 373 g/mol. The van der Waals surface area contributed by atoms with Crippen molar-refractivity contribution in [1.29, 1.82) is 0 Å². The molecule has 1 fully saturated rings. The van der Waals surface area contributed by atoms with E-state index in [1.54, 1.807) is 0 Å². The molecule has 2 aromatic rings. The molecule has 1 aliphatic rings. The van der Waals surface area contributed by atoms with E-state index in [9.17, 15) is 0 Å². The number of piperidine rings is 1. The molecule has 1 saturated heterocycles. The third kappa shape index (κ3) is 4.89. The van der Waals surface area contributed by atoms with Crippen molar-refractivity contribution in [2.45, 2.75) is 32.6 Å². The number of pyridine rings is 1. The molecule has 0 spiro atoms. The Morgan fingerprint density at radius 1 is 1.13 bits per heavy atom. The Kier molecular flexibility index (Phi) is 5.85. The van der Waals surface area contributed by atoms with E-state index < -0.39 is 0 Å². The van der Waals surface area contributed by atoms with Gasteiger partial charge >= 0.3 is 0 Å². The van der Waals surface area contributed by atoms with Gasteiger partial charge in [0.2, 0.25) is 0 Å². The molecule has 2 nitrogen and oxygen atoms in total. The van der Waals surface area contributed by atoms with Gasteiger partial charge in [-0.2, -0.15) is 0 Å². The van der Waals surface area contributed by atoms with E-state index in [1.165, 1.54) is 60.1 Å². The first-order chi connectivity index (χ1) is 11.2. The smallest absolute Gasteiger partial charge is 0.0270 e. The Morgan fingerprint density at radius 3 is 2.61 bits per heavy atom. The van der Waals surface area contributed by atoms with Crippen molar-refractivity contribution in [2.24, 2.45) is 5.92 Å². The van der Waals surface area contributed by atoms with E-state index in [0.29, 0.717) is 0 Å². The summed E-state index contributed by atoms with van der Waals surface area (Å²) < 4.78 is 1.27.